The van der Waals surface area contributed by atoms with Crippen molar-refractivity contribution in [3.05, 3.63) is 105 Å². The fourth-order valence-corrected chi connectivity index (χ4v) is 5.47. The SMILES string of the molecule is Cc1ccccc1CC(=O)N(Cc1ccc(Cl)cc1Cl)[C@@H](Cc1ccccc1)C(=O)NC1CCCCC1. The molecule has 3 aromatic carbocycles. The fraction of sp³-hybridized carbons (Fsp3) is 0.355. The summed E-state index contributed by atoms with van der Waals surface area (Å²) in [6.07, 6.45) is 6.02. The lowest BCUT2D eigenvalue weighted by Gasteiger charge is -2.34. The van der Waals surface area contributed by atoms with Crippen LogP contribution in [0.25, 0.3) is 0 Å². The maximum Gasteiger partial charge on any atom is 0.243 e. The topological polar surface area (TPSA) is 49.4 Å². The van der Waals surface area contributed by atoms with Gasteiger partial charge in [-0.1, -0.05) is 103 Å². The van der Waals surface area contributed by atoms with Gasteiger partial charge < -0.3 is 10.2 Å². The minimum absolute atomic E-state index is 0.111. The minimum atomic E-state index is -0.674. The summed E-state index contributed by atoms with van der Waals surface area (Å²) < 4.78 is 0. The Morgan fingerprint density at radius 2 is 1.62 bits per heavy atom. The van der Waals surface area contributed by atoms with Gasteiger partial charge in [-0.15, -0.1) is 0 Å². The summed E-state index contributed by atoms with van der Waals surface area (Å²) in [6.45, 7) is 2.22. The molecular weight excluding hydrogens is 503 g/mol. The van der Waals surface area contributed by atoms with Crippen LogP contribution in [0.5, 0.6) is 0 Å². The fourth-order valence-electron chi connectivity index (χ4n) is 5.00. The maximum atomic E-state index is 14.0. The summed E-state index contributed by atoms with van der Waals surface area (Å²) in [4.78, 5) is 29.5. The first kappa shape index (κ1) is 27.2. The van der Waals surface area contributed by atoms with Gasteiger partial charge in [0, 0.05) is 29.1 Å². The van der Waals surface area contributed by atoms with E-state index in [0.717, 1.165) is 47.9 Å². The highest BCUT2D eigenvalue weighted by molar-refractivity contribution is 6.35. The number of halogens is 2. The molecule has 2 amide bonds. The molecule has 1 fully saturated rings. The first-order valence-corrected chi connectivity index (χ1v) is 13.8. The zero-order chi connectivity index (χ0) is 26.2. The Kier molecular flexibility index (Phi) is 9.65. The van der Waals surface area contributed by atoms with Crippen LogP contribution in [0.15, 0.2) is 72.8 Å². The smallest absolute Gasteiger partial charge is 0.243 e. The lowest BCUT2D eigenvalue weighted by atomic mass is 9.94. The molecule has 194 valence electrons. The minimum Gasteiger partial charge on any atom is -0.352 e. The number of aryl methyl sites for hydroxylation is 1. The van der Waals surface area contributed by atoms with Crippen LogP contribution in [-0.4, -0.2) is 28.8 Å². The van der Waals surface area contributed by atoms with E-state index in [2.05, 4.69) is 5.32 Å². The van der Waals surface area contributed by atoms with Crippen molar-refractivity contribution >= 4 is 35.0 Å². The molecule has 0 aliphatic heterocycles. The largest absolute Gasteiger partial charge is 0.352 e. The third-order valence-corrected chi connectivity index (χ3v) is 7.77. The highest BCUT2D eigenvalue weighted by atomic mass is 35.5. The molecule has 0 radical (unpaired) electrons. The van der Waals surface area contributed by atoms with Crippen molar-refractivity contribution in [3.63, 3.8) is 0 Å². The summed E-state index contributed by atoms with van der Waals surface area (Å²) >= 11 is 12.7. The van der Waals surface area contributed by atoms with Crippen molar-refractivity contribution in [2.45, 2.75) is 70.5 Å². The van der Waals surface area contributed by atoms with E-state index >= 15 is 0 Å². The Morgan fingerprint density at radius 3 is 2.32 bits per heavy atom. The average Bonchev–Trinajstić information content (AvgIpc) is 2.89. The van der Waals surface area contributed by atoms with E-state index in [4.69, 9.17) is 23.2 Å². The van der Waals surface area contributed by atoms with Gasteiger partial charge in [0.2, 0.25) is 11.8 Å². The van der Waals surface area contributed by atoms with Gasteiger partial charge in [-0.05, 0) is 54.2 Å². The molecule has 1 aliphatic rings. The zero-order valence-corrected chi connectivity index (χ0v) is 22.8. The molecule has 1 N–H and O–H groups in total. The molecule has 0 spiro atoms. The highest BCUT2D eigenvalue weighted by Crippen LogP contribution is 2.25. The van der Waals surface area contributed by atoms with Crippen molar-refractivity contribution in [2.75, 3.05) is 0 Å². The third kappa shape index (κ3) is 7.59. The summed E-state index contributed by atoms with van der Waals surface area (Å²) in [5.74, 6) is -0.223. The van der Waals surface area contributed by atoms with Crippen molar-refractivity contribution in [1.29, 1.82) is 0 Å². The van der Waals surface area contributed by atoms with Gasteiger partial charge in [-0.2, -0.15) is 0 Å². The van der Waals surface area contributed by atoms with Crippen LogP contribution in [0.4, 0.5) is 0 Å². The summed E-state index contributed by atoms with van der Waals surface area (Å²) in [5.41, 5.74) is 3.76. The molecule has 3 aromatic rings. The first-order valence-electron chi connectivity index (χ1n) is 13.0. The van der Waals surface area contributed by atoms with E-state index < -0.39 is 6.04 Å². The lowest BCUT2D eigenvalue weighted by Crippen LogP contribution is -2.53. The maximum absolute atomic E-state index is 14.0. The molecule has 1 saturated carbocycles. The molecule has 0 unspecified atom stereocenters. The number of carbonyl (C=O) groups is 2. The van der Waals surface area contributed by atoms with Gasteiger partial charge in [0.05, 0.1) is 6.42 Å². The zero-order valence-electron chi connectivity index (χ0n) is 21.3. The summed E-state index contributed by atoms with van der Waals surface area (Å²) in [6, 6.07) is 22.5. The third-order valence-electron chi connectivity index (χ3n) is 7.18. The first-order chi connectivity index (χ1) is 17.9. The van der Waals surface area contributed by atoms with E-state index in [0.29, 0.717) is 16.5 Å². The van der Waals surface area contributed by atoms with Crippen molar-refractivity contribution in [1.82, 2.24) is 10.2 Å². The molecule has 37 heavy (non-hydrogen) atoms. The second kappa shape index (κ2) is 13.1. The summed E-state index contributed by atoms with van der Waals surface area (Å²) in [5, 5.41) is 4.28. The van der Waals surface area contributed by atoms with Crippen LogP contribution in [0, 0.1) is 6.92 Å². The van der Waals surface area contributed by atoms with E-state index in [1.165, 1.54) is 6.42 Å². The van der Waals surface area contributed by atoms with Crippen molar-refractivity contribution in [2.24, 2.45) is 0 Å². The second-order valence-corrected chi connectivity index (χ2v) is 10.8. The Bertz CT molecular complexity index is 1210. The number of nitrogens with zero attached hydrogens (tertiary/aromatic N) is 1. The number of amides is 2. The Morgan fingerprint density at radius 1 is 0.919 bits per heavy atom. The van der Waals surface area contributed by atoms with Crippen LogP contribution < -0.4 is 5.32 Å². The van der Waals surface area contributed by atoms with Crippen LogP contribution in [0.3, 0.4) is 0 Å². The van der Waals surface area contributed by atoms with Gasteiger partial charge >= 0.3 is 0 Å². The van der Waals surface area contributed by atoms with E-state index in [9.17, 15) is 9.59 Å². The molecule has 1 aliphatic carbocycles. The van der Waals surface area contributed by atoms with Gasteiger partial charge in [-0.3, -0.25) is 9.59 Å². The number of rotatable bonds is 9. The highest BCUT2D eigenvalue weighted by Gasteiger charge is 2.32. The van der Waals surface area contributed by atoms with Gasteiger partial charge in [0.15, 0.2) is 0 Å². The van der Waals surface area contributed by atoms with Gasteiger partial charge in [-0.25, -0.2) is 0 Å². The quantitative estimate of drug-likeness (QED) is 0.322. The van der Waals surface area contributed by atoms with Crippen LogP contribution in [0.1, 0.15) is 54.4 Å². The van der Waals surface area contributed by atoms with E-state index in [1.54, 1.807) is 17.0 Å². The number of hydrogen-bond acceptors (Lipinski definition) is 2. The Hall–Kier alpha value is -2.82. The Labute approximate surface area is 230 Å². The molecule has 4 nitrogen and oxygen atoms in total. The molecule has 6 heteroatoms. The van der Waals surface area contributed by atoms with Crippen molar-refractivity contribution < 1.29 is 9.59 Å². The number of nitrogens with one attached hydrogen (secondary N) is 1. The van der Waals surface area contributed by atoms with Crippen LogP contribution in [0.2, 0.25) is 10.0 Å². The molecule has 4 rings (SSSR count). The second-order valence-electron chi connectivity index (χ2n) is 9.91. The number of hydrogen-bond donors (Lipinski definition) is 1. The number of benzene rings is 3. The van der Waals surface area contributed by atoms with Crippen LogP contribution >= 0.6 is 23.2 Å². The molecule has 0 saturated heterocycles. The van der Waals surface area contributed by atoms with Gasteiger partial charge in [0.1, 0.15) is 6.04 Å². The normalized spacial score (nSPS) is 14.7. The summed E-state index contributed by atoms with van der Waals surface area (Å²) in [7, 11) is 0. The lowest BCUT2D eigenvalue weighted by molar-refractivity contribution is -0.141. The monoisotopic (exact) mass is 536 g/mol. The van der Waals surface area contributed by atoms with E-state index in [-0.39, 0.29) is 30.8 Å². The molecule has 0 heterocycles. The molecule has 0 bridgehead atoms. The molecule has 1 atom stereocenters. The predicted octanol–water partition coefficient (Wildman–Crippen LogP) is 6.93. The standard InChI is InChI=1S/C31H34Cl2N2O2/c1-22-10-8-9-13-24(22)19-30(36)35(21-25-16-17-26(32)20-28(25)33)29(18-23-11-4-2-5-12-23)31(37)34-27-14-6-3-7-15-27/h2,4-5,8-13,16-17,20,27,29H,3,6-7,14-15,18-19,21H2,1H3,(H,34,37)/t29-/m0/s1. The van der Waals surface area contributed by atoms with Crippen LogP contribution in [-0.2, 0) is 29.0 Å². The molecule has 0 aromatic heterocycles. The van der Waals surface area contributed by atoms with Gasteiger partial charge in [0.25, 0.3) is 0 Å². The number of carbonyl (C=O) groups excluding carboxylic acids is 2. The Balaban J connectivity index is 1.68. The predicted molar refractivity (Wildman–Crippen MR) is 151 cm³/mol. The average molecular weight is 538 g/mol. The van der Waals surface area contributed by atoms with Crippen molar-refractivity contribution in [3.8, 4) is 0 Å². The molecular formula is C31H34Cl2N2O2. The van der Waals surface area contributed by atoms with E-state index in [1.807, 2.05) is 67.6 Å².